The fraction of sp³-hybridized carbons (Fsp3) is 0.588. The van der Waals surface area contributed by atoms with Crippen molar-refractivity contribution in [2.24, 2.45) is 17.8 Å². The molecule has 2 rings (SSSR count). The summed E-state index contributed by atoms with van der Waals surface area (Å²) in [5.74, 6) is 1.83. The molecular weight excluding hydrogens is 309 g/mol. The maximum atomic E-state index is 10.5. The zero-order chi connectivity index (χ0) is 13.0. The number of rotatable bonds is 3. The van der Waals surface area contributed by atoms with Crippen molar-refractivity contribution in [1.82, 2.24) is 0 Å². The van der Waals surface area contributed by atoms with Gasteiger partial charge in [-0.1, -0.05) is 51.4 Å². The van der Waals surface area contributed by atoms with Crippen molar-refractivity contribution in [2.45, 2.75) is 46.0 Å². The molecule has 0 amide bonds. The van der Waals surface area contributed by atoms with Crippen LogP contribution in [0.25, 0.3) is 0 Å². The van der Waals surface area contributed by atoms with Crippen LogP contribution < -0.4 is 0 Å². The Morgan fingerprint density at radius 2 is 2.00 bits per heavy atom. The van der Waals surface area contributed by atoms with Gasteiger partial charge < -0.3 is 4.79 Å². The van der Waals surface area contributed by atoms with Gasteiger partial charge in [0, 0.05) is 40.6 Å². The van der Waals surface area contributed by atoms with Gasteiger partial charge >= 0.3 is 0 Å². The van der Waals surface area contributed by atoms with E-state index in [0.717, 1.165) is 12.7 Å². The van der Waals surface area contributed by atoms with Crippen LogP contribution in [0, 0.1) is 23.8 Å². The Kier molecular flexibility index (Phi) is 7.46. The van der Waals surface area contributed by atoms with Crippen molar-refractivity contribution < 1.29 is 38.9 Å². The molecule has 0 spiro atoms. The standard InChI is InChI=1S/C17H23O.Y.H2/c1-13-3-6-17(12-14(2)11-13)16-7-4-15(5-8-16)9-10-18;;/h6,10-12,14-16H,4-5,7-9H2,1-2H3;;1H/q-1;;. The van der Waals surface area contributed by atoms with Gasteiger partial charge in [0.1, 0.15) is 6.29 Å². The van der Waals surface area contributed by atoms with Crippen LogP contribution in [-0.2, 0) is 37.5 Å². The molecule has 0 aromatic carbocycles. The van der Waals surface area contributed by atoms with Crippen LogP contribution in [0.3, 0.4) is 0 Å². The molecule has 2 aliphatic carbocycles. The monoisotopic (exact) mass is 334 g/mol. The summed E-state index contributed by atoms with van der Waals surface area (Å²) in [7, 11) is 0. The second-order valence-electron chi connectivity index (χ2n) is 5.78. The van der Waals surface area contributed by atoms with Crippen LogP contribution in [0.1, 0.15) is 47.4 Å². The molecule has 0 aliphatic heterocycles. The molecule has 0 N–H and O–H groups in total. The van der Waals surface area contributed by atoms with Gasteiger partial charge in [0.25, 0.3) is 0 Å². The van der Waals surface area contributed by atoms with E-state index in [4.69, 9.17) is 0 Å². The van der Waals surface area contributed by atoms with Crippen LogP contribution >= 0.6 is 0 Å². The number of aldehydes is 1. The first kappa shape index (κ1) is 17.0. The SMILES string of the molecule is CC1=CC(C)C=C(C2CCC(CC=O)CC2)C=[C-]1.[HH].[Y]. The first-order valence-electron chi connectivity index (χ1n) is 7.12. The number of carbonyl (C=O) groups is 1. The molecule has 1 fully saturated rings. The van der Waals surface area contributed by atoms with Crippen molar-refractivity contribution in [3.05, 3.63) is 35.5 Å². The minimum Gasteiger partial charge on any atom is -0.303 e. The van der Waals surface area contributed by atoms with Crippen LogP contribution in [0.15, 0.2) is 29.4 Å². The minimum absolute atomic E-state index is 0. The fourth-order valence-corrected chi connectivity index (χ4v) is 3.16. The van der Waals surface area contributed by atoms with E-state index >= 15 is 0 Å². The number of allylic oxidation sites excluding steroid dienone is 6. The van der Waals surface area contributed by atoms with E-state index in [0.29, 0.717) is 17.8 Å². The van der Waals surface area contributed by atoms with Crippen LogP contribution in [0.5, 0.6) is 0 Å². The Balaban J connectivity index is 0.00000180. The van der Waals surface area contributed by atoms with Crippen LogP contribution in [-0.4, -0.2) is 6.29 Å². The van der Waals surface area contributed by atoms with E-state index in [-0.39, 0.29) is 34.1 Å². The largest absolute Gasteiger partial charge is 0.303 e. The van der Waals surface area contributed by atoms with Crippen LogP contribution in [0.2, 0.25) is 0 Å². The number of hydrogen-bond acceptors (Lipinski definition) is 1. The topological polar surface area (TPSA) is 17.1 Å². The quantitative estimate of drug-likeness (QED) is 0.548. The third-order valence-corrected chi connectivity index (χ3v) is 4.18. The van der Waals surface area contributed by atoms with E-state index in [9.17, 15) is 4.79 Å². The summed E-state index contributed by atoms with van der Waals surface area (Å²) in [4.78, 5) is 10.5. The average molecular weight is 334 g/mol. The molecule has 0 aromatic heterocycles. The van der Waals surface area contributed by atoms with Gasteiger partial charge in [0.15, 0.2) is 0 Å². The molecule has 2 aliphatic rings. The molecule has 19 heavy (non-hydrogen) atoms. The molecule has 0 heterocycles. The number of hydrogen-bond donors (Lipinski definition) is 0. The van der Waals surface area contributed by atoms with E-state index in [1.165, 1.54) is 36.8 Å². The van der Waals surface area contributed by atoms with E-state index < -0.39 is 0 Å². The van der Waals surface area contributed by atoms with Gasteiger partial charge in [-0.2, -0.15) is 23.8 Å². The molecule has 1 radical (unpaired) electrons. The molecule has 1 nitrogen and oxygen atoms in total. The predicted molar refractivity (Wildman–Crippen MR) is 77.1 cm³/mol. The maximum absolute atomic E-state index is 10.5. The summed E-state index contributed by atoms with van der Waals surface area (Å²) >= 11 is 0. The third kappa shape index (κ3) is 5.12. The number of carbonyl (C=O) groups excluding carboxylic acids is 1. The third-order valence-electron chi connectivity index (χ3n) is 4.18. The van der Waals surface area contributed by atoms with Gasteiger partial charge in [-0.05, 0) is 5.92 Å². The molecule has 2 heteroatoms. The van der Waals surface area contributed by atoms with Gasteiger partial charge in [-0.3, -0.25) is 0 Å². The van der Waals surface area contributed by atoms with E-state index in [1.807, 2.05) is 0 Å². The van der Waals surface area contributed by atoms with Crippen molar-refractivity contribution in [3.63, 3.8) is 0 Å². The Morgan fingerprint density at radius 3 is 2.63 bits per heavy atom. The van der Waals surface area contributed by atoms with Crippen molar-refractivity contribution in [1.29, 1.82) is 0 Å². The molecular formula is C17H25OY-. The summed E-state index contributed by atoms with van der Waals surface area (Å²) in [5.41, 5.74) is 2.70. The zero-order valence-corrected chi connectivity index (χ0v) is 14.9. The van der Waals surface area contributed by atoms with Crippen molar-refractivity contribution in [3.8, 4) is 0 Å². The normalized spacial score (nSPS) is 30.7. The van der Waals surface area contributed by atoms with Crippen molar-refractivity contribution in [2.75, 3.05) is 0 Å². The van der Waals surface area contributed by atoms with Gasteiger partial charge in [0.2, 0.25) is 0 Å². The molecule has 103 valence electrons. The molecule has 0 saturated heterocycles. The summed E-state index contributed by atoms with van der Waals surface area (Å²) in [6.07, 6.45) is 16.9. The Hall–Kier alpha value is -0.00610. The average Bonchev–Trinajstić information content (AvgIpc) is 2.52. The molecule has 1 unspecified atom stereocenters. The molecule has 0 aromatic rings. The summed E-state index contributed by atoms with van der Waals surface area (Å²) in [5, 5.41) is 0. The molecule has 1 atom stereocenters. The van der Waals surface area contributed by atoms with E-state index in [1.54, 1.807) is 0 Å². The second-order valence-corrected chi connectivity index (χ2v) is 5.78. The predicted octanol–water partition coefficient (Wildman–Crippen LogP) is 4.51. The summed E-state index contributed by atoms with van der Waals surface area (Å²) in [6.45, 7) is 4.35. The van der Waals surface area contributed by atoms with E-state index in [2.05, 4.69) is 38.2 Å². The minimum atomic E-state index is 0. The smallest absolute Gasteiger partial charge is 0.120 e. The van der Waals surface area contributed by atoms with Crippen LogP contribution in [0.4, 0.5) is 0 Å². The molecule has 0 bridgehead atoms. The van der Waals surface area contributed by atoms with Gasteiger partial charge in [-0.15, -0.1) is 11.6 Å². The van der Waals surface area contributed by atoms with Crippen molar-refractivity contribution >= 4 is 6.29 Å². The summed E-state index contributed by atoms with van der Waals surface area (Å²) in [6, 6.07) is 0. The maximum Gasteiger partial charge on any atom is 0.120 e. The fourth-order valence-electron chi connectivity index (χ4n) is 3.16. The first-order chi connectivity index (χ1) is 8.69. The van der Waals surface area contributed by atoms with Gasteiger partial charge in [-0.25, -0.2) is 0 Å². The second kappa shape index (κ2) is 8.32. The molecule has 1 saturated carbocycles. The Labute approximate surface area is 144 Å². The zero-order valence-electron chi connectivity index (χ0n) is 12.1. The first-order valence-corrected chi connectivity index (χ1v) is 7.12. The van der Waals surface area contributed by atoms with Gasteiger partial charge in [0.05, 0.1) is 0 Å². The Morgan fingerprint density at radius 1 is 1.32 bits per heavy atom. The summed E-state index contributed by atoms with van der Waals surface area (Å²) < 4.78 is 0. The Bertz CT molecular complexity index is 390.